The Balaban J connectivity index is 1.35. The van der Waals surface area contributed by atoms with Crippen LogP contribution in [0.4, 0.5) is 0 Å². The number of hydrogen-bond donors (Lipinski definition) is 2. The van der Waals surface area contributed by atoms with Crippen LogP contribution in [0.5, 0.6) is 0 Å². The quantitative estimate of drug-likeness (QED) is 0.170. The molecule has 0 aromatic heterocycles. The molecule has 0 amide bonds. The lowest BCUT2D eigenvalue weighted by Crippen LogP contribution is -2.61. The summed E-state index contributed by atoms with van der Waals surface area (Å²) in [5.74, 6) is 0. The van der Waals surface area contributed by atoms with Gasteiger partial charge in [0.1, 0.15) is 0 Å². The summed E-state index contributed by atoms with van der Waals surface area (Å²) in [6.07, 6.45) is 9.23. The zero-order valence-electron chi connectivity index (χ0n) is 30.5. The molecule has 4 heterocycles. The highest BCUT2D eigenvalue weighted by atomic mass is 31.2. The molecule has 0 bridgehead atoms. The highest BCUT2D eigenvalue weighted by Crippen LogP contribution is 2.54. The van der Waals surface area contributed by atoms with Crippen LogP contribution in [0.15, 0.2) is 0 Å². The fraction of sp³-hybridized carbons (Fsp3) is 1.00. The summed E-state index contributed by atoms with van der Waals surface area (Å²) < 4.78 is 31.0. The number of nitrogens with one attached hydrogen (secondary N) is 2. The van der Waals surface area contributed by atoms with Gasteiger partial charge in [-0.2, -0.15) is 0 Å². The second-order valence-electron chi connectivity index (χ2n) is 18.5. The van der Waals surface area contributed by atoms with Crippen molar-refractivity contribution in [3.8, 4) is 0 Å². The van der Waals surface area contributed by atoms with Gasteiger partial charge in [-0.15, -0.1) is 0 Å². The van der Waals surface area contributed by atoms with Gasteiger partial charge in [0.2, 0.25) is 0 Å². The normalized spacial score (nSPS) is 29.3. The van der Waals surface area contributed by atoms with Gasteiger partial charge in [0, 0.05) is 58.2 Å². The Morgan fingerprint density at radius 1 is 0.477 bits per heavy atom. The highest BCUT2D eigenvalue weighted by molar-refractivity contribution is 7.44. The first-order valence-electron chi connectivity index (χ1n) is 17.4. The van der Waals surface area contributed by atoms with Crippen LogP contribution in [0.2, 0.25) is 0 Å². The van der Waals surface area contributed by atoms with Crippen molar-refractivity contribution in [2.24, 2.45) is 10.8 Å². The summed E-state index contributed by atoms with van der Waals surface area (Å²) >= 11 is 0. The maximum Gasteiger partial charge on any atom is 0.259 e. The van der Waals surface area contributed by atoms with Crippen molar-refractivity contribution < 1.29 is 18.1 Å². The van der Waals surface area contributed by atoms with Crippen molar-refractivity contribution in [1.29, 1.82) is 0 Å². The van der Waals surface area contributed by atoms with Gasteiger partial charge in [0.25, 0.3) is 17.1 Å². The van der Waals surface area contributed by atoms with E-state index in [1.807, 2.05) is 0 Å². The molecular weight excluding hydrogens is 590 g/mol. The van der Waals surface area contributed by atoms with Crippen LogP contribution in [0.3, 0.4) is 0 Å². The van der Waals surface area contributed by atoms with Gasteiger partial charge in [-0.25, -0.2) is 9.34 Å². The van der Waals surface area contributed by atoms with Gasteiger partial charge in [-0.05, 0) is 93.9 Å². The lowest BCUT2D eigenvalue weighted by Gasteiger charge is -2.51. The Morgan fingerprint density at radius 3 is 1.02 bits per heavy atom. The molecule has 8 nitrogen and oxygen atoms in total. The van der Waals surface area contributed by atoms with Crippen molar-refractivity contribution in [1.82, 2.24) is 20.0 Å². The van der Waals surface area contributed by atoms with Crippen LogP contribution in [-0.4, -0.2) is 83.1 Å². The zero-order valence-corrected chi connectivity index (χ0v) is 32.3. The van der Waals surface area contributed by atoms with Gasteiger partial charge < -0.3 is 28.7 Å². The average Bonchev–Trinajstić information content (AvgIpc) is 2.83. The molecule has 10 heteroatoms. The molecule has 4 rings (SSSR count). The summed E-state index contributed by atoms with van der Waals surface area (Å²) in [6, 6.07) is 0.923. The molecule has 0 atom stereocenters. The molecule has 0 aliphatic carbocycles. The maximum absolute atomic E-state index is 6.45. The fourth-order valence-corrected chi connectivity index (χ4v) is 12.1. The molecule has 258 valence electrons. The van der Waals surface area contributed by atoms with Gasteiger partial charge in [-0.3, -0.25) is 0 Å². The van der Waals surface area contributed by atoms with E-state index in [1.165, 1.54) is 25.7 Å². The third kappa shape index (κ3) is 11.0. The number of hydrogen-bond acceptors (Lipinski definition) is 8. The summed E-state index contributed by atoms with van der Waals surface area (Å²) in [7, 11) is -2.03. The summed E-state index contributed by atoms with van der Waals surface area (Å²) in [5.41, 5.74) is 0.552. The van der Waals surface area contributed by atoms with E-state index in [0.717, 1.165) is 65.2 Å². The van der Waals surface area contributed by atoms with E-state index in [-0.39, 0.29) is 33.0 Å². The minimum atomic E-state index is -1.02. The summed E-state index contributed by atoms with van der Waals surface area (Å²) in [5, 5.41) is 7.73. The lowest BCUT2D eigenvalue weighted by molar-refractivity contribution is 0.0263. The van der Waals surface area contributed by atoms with E-state index in [9.17, 15) is 0 Å². The SMILES string of the molecule is CC1(C)COP(N(CCCCCCN(C2CC(C)(C)NC(C)(C)C2)P2OCC(C)(C)CO2)C2CC(C)(C)NC(C)(C)C2)OC1. The Hall–Kier alpha value is 0.540. The van der Waals surface area contributed by atoms with E-state index in [1.54, 1.807) is 0 Å². The second-order valence-corrected chi connectivity index (χ2v) is 21.6. The van der Waals surface area contributed by atoms with Crippen molar-refractivity contribution in [3.05, 3.63) is 0 Å². The minimum absolute atomic E-state index is 0.0882. The topological polar surface area (TPSA) is 67.5 Å². The van der Waals surface area contributed by atoms with Crippen LogP contribution >= 0.6 is 17.1 Å². The molecule has 4 saturated heterocycles. The molecular formula is C34H68N4O4P2. The molecule has 4 fully saturated rings. The van der Waals surface area contributed by atoms with Crippen LogP contribution in [-0.2, 0) is 18.1 Å². The fourth-order valence-electron chi connectivity index (χ4n) is 8.03. The van der Waals surface area contributed by atoms with Gasteiger partial charge in [0.15, 0.2) is 0 Å². The maximum atomic E-state index is 6.45. The van der Waals surface area contributed by atoms with Gasteiger partial charge in [0.05, 0.1) is 26.4 Å². The van der Waals surface area contributed by atoms with Gasteiger partial charge in [-0.1, -0.05) is 40.5 Å². The average molecular weight is 659 g/mol. The second kappa shape index (κ2) is 14.2. The molecule has 0 saturated carbocycles. The van der Waals surface area contributed by atoms with Crippen LogP contribution < -0.4 is 10.6 Å². The van der Waals surface area contributed by atoms with Crippen molar-refractivity contribution >= 4 is 17.1 Å². The lowest BCUT2D eigenvalue weighted by atomic mass is 9.79. The highest BCUT2D eigenvalue weighted by Gasteiger charge is 2.45. The molecule has 0 spiro atoms. The first-order valence-corrected chi connectivity index (χ1v) is 19.7. The number of rotatable bonds is 11. The summed E-state index contributed by atoms with van der Waals surface area (Å²) in [4.78, 5) is 0. The first-order chi connectivity index (χ1) is 20.2. The molecule has 0 aromatic rings. The van der Waals surface area contributed by atoms with E-state index >= 15 is 0 Å². The molecule has 0 aromatic carbocycles. The standard InChI is InChI=1S/C34H68N4O4P2/c1-29(2)23-39-43(40-24-29)37(27-19-31(5,6)35-32(7,8)20-27)17-15-13-14-16-18-38(44-41-25-30(3,4)26-42-44)28-21-33(9,10)36-34(11,12)22-28/h27-28,35-36H,13-26H2,1-12H3. The number of unbranched alkanes of at least 4 members (excludes halogenated alkanes) is 3. The van der Waals surface area contributed by atoms with Crippen LogP contribution in [0.1, 0.15) is 134 Å². The van der Waals surface area contributed by atoms with Crippen LogP contribution in [0.25, 0.3) is 0 Å². The van der Waals surface area contributed by atoms with E-state index in [0.29, 0.717) is 12.1 Å². The predicted molar refractivity (Wildman–Crippen MR) is 186 cm³/mol. The molecule has 0 radical (unpaired) electrons. The van der Waals surface area contributed by atoms with Crippen molar-refractivity contribution in [2.45, 2.75) is 169 Å². The van der Waals surface area contributed by atoms with E-state index < -0.39 is 17.1 Å². The van der Waals surface area contributed by atoms with Crippen LogP contribution in [0, 0.1) is 10.8 Å². The predicted octanol–water partition coefficient (Wildman–Crippen LogP) is 8.37. The number of piperidine rings is 2. The van der Waals surface area contributed by atoms with E-state index in [2.05, 4.69) is 103 Å². The first kappa shape index (κ1) is 37.4. The van der Waals surface area contributed by atoms with Crippen molar-refractivity contribution in [2.75, 3.05) is 39.5 Å². The van der Waals surface area contributed by atoms with Gasteiger partial charge >= 0.3 is 0 Å². The largest absolute Gasteiger partial charge is 0.321 e. The minimum Gasteiger partial charge on any atom is -0.321 e. The third-order valence-electron chi connectivity index (χ3n) is 9.39. The molecule has 4 aliphatic rings. The Morgan fingerprint density at radius 2 is 0.750 bits per heavy atom. The van der Waals surface area contributed by atoms with E-state index in [4.69, 9.17) is 18.1 Å². The molecule has 2 N–H and O–H groups in total. The third-order valence-corrected chi connectivity index (χ3v) is 12.7. The molecule has 4 aliphatic heterocycles. The molecule has 44 heavy (non-hydrogen) atoms. The Labute approximate surface area is 273 Å². The van der Waals surface area contributed by atoms with Crippen molar-refractivity contribution in [3.63, 3.8) is 0 Å². The zero-order chi connectivity index (χ0) is 32.6. The smallest absolute Gasteiger partial charge is 0.259 e. The number of nitrogens with zero attached hydrogens (tertiary/aromatic N) is 2. The Kier molecular flexibility index (Phi) is 12.0. The summed E-state index contributed by atoms with van der Waals surface area (Å²) in [6.45, 7) is 32.9. The Bertz CT molecular complexity index is 818. The monoisotopic (exact) mass is 658 g/mol. The molecule has 0 unspecified atom stereocenters.